The van der Waals surface area contributed by atoms with E-state index in [4.69, 9.17) is 4.98 Å². The Labute approximate surface area is 190 Å². The monoisotopic (exact) mass is 481 g/mol. The number of benzene rings is 2. The first-order chi connectivity index (χ1) is 10.6. The van der Waals surface area contributed by atoms with Crippen LogP contribution in [0.5, 0.6) is 0 Å². The average molecular weight is 484 g/mol. The molecule has 3 nitrogen and oxygen atoms in total. The van der Waals surface area contributed by atoms with Crippen LogP contribution < -0.4 is 52.9 Å². The summed E-state index contributed by atoms with van der Waals surface area (Å²) in [6.45, 7) is 10.4. The summed E-state index contributed by atoms with van der Waals surface area (Å²) in [5.74, 6) is 0. The molecule has 1 aliphatic carbocycles. The molecule has 0 saturated heterocycles. The first-order valence-corrected chi connectivity index (χ1v) is 8.60. The molecule has 1 heterocycles. The minimum Gasteiger partial charge on any atom is -1.00 e. The van der Waals surface area contributed by atoms with E-state index >= 15 is 0 Å². The topological polar surface area (TPSA) is 38.9 Å². The second-order valence-electron chi connectivity index (χ2n) is 5.54. The number of hydrogen-bond acceptors (Lipinski definition) is 3. The molecule has 1 aromatic rings. The van der Waals surface area contributed by atoms with Gasteiger partial charge in [0.2, 0.25) is 5.36 Å². The van der Waals surface area contributed by atoms with Crippen molar-refractivity contribution < 1.29 is 61.7 Å². The summed E-state index contributed by atoms with van der Waals surface area (Å²) >= 11 is 1.81. The zero-order chi connectivity index (χ0) is 15.7. The normalized spacial score (nSPS) is 10.4. The van der Waals surface area contributed by atoms with E-state index in [1.807, 2.05) is 0 Å². The van der Waals surface area contributed by atoms with E-state index in [-0.39, 0.29) is 56.7 Å². The van der Waals surface area contributed by atoms with Crippen LogP contribution in [0.1, 0.15) is 25.0 Å². The summed E-state index contributed by atoms with van der Waals surface area (Å²) in [6, 6.07) is 8.80. The zero-order valence-corrected chi connectivity index (χ0v) is 21.5. The van der Waals surface area contributed by atoms with E-state index in [0.29, 0.717) is 0 Å². The number of anilines is 1. The minimum absolute atomic E-state index is 0. The second-order valence-corrected chi connectivity index (χ2v) is 6.63. The predicted molar refractivity (Wildman–Crippen MR) is 94.5 cm³/mol. The second kappa shape index (κ2) is 12.1. The maximum Gasteiger partial charge on any atom is 2.00 e. The van der Waals surface area contributed by atoms with E-state index in [9.17, 15) is 0 Å². The summed E-state index contributed by atoms with van der Waals surface area (Å²) in [4.78, 5) is 9.50. The standard InChI is InChI=1S/C18H21N3S.3ClH.Zn/c1-5-19-13-9-17-15(7-11(13)3)21-16-8-12(4)14(20-6-2)10-18(16)22-17;;;;/h7-10,19H,5-6H2,1-4H3;3*1H;/q;;;;+2/p-2. The Morgan fingerprint density at radius 2 is 1.69 bits per heavy atom. The first kappa shape index (κ1) is 27.8. The van der Waals surface area contributed by atoms with E-state index in [1.165, 1.54) is 31.7 Å². The Morgan fingerprint density at radius 3 is 2.31 bits per heavy atom. The van der Waals surface area contributed by atoms with E-state index in [0.717, 1.165) is 24.3 Å². The van der Waals surface area contributed by atoms with Crippen molar-refractivity contribution in [1.29, 1.82) is 0 Å². The maximum absolute atomic E-state index is 4.86. The molecule has 26 heavy (non-hydrogen) atoms. The quantitative estimate of drug-likeness (QED) is 0.287. The summed E-state index contributed by atoms with van der Waals surface area (Å²) < 4.78 is 1.22. The van der Waals surface area contributed by atoms with Crippen LogP contribution in [-0.2, 0) is 19.5 Å². The molecule has 2 N–H and O–H groups in total. The maximum atomic E-state index is 4.86. The zero-order valence-electron chi connectivity index (χ0n) is 15.4. The summed E-state index contributed by atoms with van der Waals surface area (Å²) in [6.07, 6.45) is 0. The fourth-order valence-corrected chi connectivity index (χ4v) is 3.70. The Balaban J connectivity index is 0. The molecule has 1 aliphatic heterocycles. The van der Waals surface area contributed by atoms with Gasteiger partial charge in [0.05, 0.1) is 20.8 Å². The van der Waals surface area contributed by atoms with E-state index < -0.39 is 0 Å². The molecule has 3 rings (SSSR count). The number of nitrogens with one attached hydrogen (secondary N) is 2. The van der Waals surface area contributed by atoms with Gasteiger partial charge < -0.3 is 42.5 Å². The van der Waals surface area contributed by atoms with Gasteiger partial charge in [-0.1, -0.05) is 0 Å². The third-order valence-corrected chi connectivity index (χ3v) is 4.90. The molecule has 0 spiro atoms. The van der Waals surface area contributed by atoms with Crippen LogP contribution in [0.25, 0.3) is 20.8 Å². The van der Waals surface area contributed by atoms with Crippen LogP contribution in [0.2, 0.25) is 0 Å². The molecule has 1 aromatic carbocycles. The van der Waals surface area contributed by atoms with Crippen LogP contribution in [0.3, 0.4) is 0 Å². The molecule has 0 fully saturated rings. The van der Waals surface area contributed by atoms with Gasteiger partial charge in [0.25, 0.3) is 0 Å². The molecule has 0 bridgehead atoms. The van der Waals surface area contributed by atoms with Gasteiger partial charge in [-0.3, -0.25) is 0 Å². The fourth-order valence-electron chi connectivity index (χ4n) is 2.69. The van der Waals surface area contributed by atoms with Gasteiger partial charge >= 0.3 is 19.5 Å². The van der Waals surface area contributed by atoms with Crippen LogP contribution in [0, 0.1) is 13.8 Å². The predicted octanol–water partition coefficient (Wildman–Crippen LogP) is -6.54. The smallest absolute Gasteiger partial charge is 1.00 e. The molecule has 8 heteroatoms. The first-order valence-electron chi connectivity index (χ1n) is 7.79. The largest absolute Gasteiger partial charge is 2.00 e. The van der Waals surface area contributed by atoms with Gasteiger partial charge in [0.1, 0.15) is 6.54 Å². The van der Waals surface area contributed by atoms with Gasteiger partial charge in [-0.05, 0) is 51.5 Å². The number of halogens is 3. The van der Waals surface area contributed by atoms with Crippen LogP contribution in [0.4, 0.5) is 5.69 Å². The summed E-state index contributed by atoms with van der Waals surface area (Å²) in [7, 11) is 0. The number of fused-ring (bicyclic) bond motifs is 2. The Kier molecular flexibility index (Phi) is 12.9. The van der Waals surface area contributed by atoms with Gasteiger partial charge in [-0.15, -0.1) is 11.3 Å². The van der Waals surface area contributed by atoms with Crippen molar-refractivity contribution in [2.24, 2.45) is 0 Å². The van der Waals surface area contributed by atoms with Crippen molar-refractivity contribution in [2.45, 2.75) is 27.7 Å². The fraction of sp³-hybridized carbons (Fsp3) is 0.333. The minimum atomic E-state index is 0. The van der Waals surface area contributed by atoms with Crippen LogP contribution in [-0.4, -0.2) is 18.1 Å². The molecular formula is C18H22Cl3N3SZn. The number of aryl methyl sites for hydroxylation is 2. The Bertz CT molecular complexity index is 884. The van der Waals surface area contributed by atoms with Crippen molar-refractivity contribution in [3.8, 4) is 10.6 Å². The van der Waals surface area contributed by atoms with Gasteiger partial charge in [-0.2, -0.15) is 0 Å². The SMILES string of the molecule is CCNc1cc2sc3cc(=[NH+]CC)c(C)cc-3nc2cc1C.[Cl-].[Cl-].[Cl-].[Zn+2]. The number of nitrogens with zero attached hydrogens (tertiary/aromatic N) is 1. The van der Waals surface area contributed by atoms with Crippen LogP contribution >= 0.6 is 11.3 Å². The van der Waals surface area contributed by atoms with E-state index in [1.54, 1.807) is 11.3 Å². The third-order valence-electron chi connectivity index (χ3n) is 3.81. The third kappa shape index (κ3) is 5.77. The molecule has 138 valence electrons. The molecule has 0 unspecified atom stereocenters. The van der Waals surface area contributed by atoms with E-state index in [2.05, 4.69) is 62.3 Å². The molecule has 0 aromatic heterocycles. The Morgan fingerprint density at radius 1 is 1.00 bits per heavy atom. The molecule has 0 saturated carbocycles. The molecule has 0 atom stereocenters. The molecule has 0 amide bonds. The van der Waals surface area contributed by atoms with Crippen LogP contribution in [0.15, 0.2) is 24.3 Å². The van der Waals surface area contributed by atoms with Crippen molar-refractivity contribution >= 4 is 27.2 Å². The van der Waals surface area contributed by atoms with Gasteiger partial charge in [0.15, 0.2) is 0 Å². The Hall–Kier alpha value is -0.447. The summed E-state index contributed by atoms with van der Waals surface area (Å²) in [5.41, 5.74) is 5.84. The number of aromatic nitrogens is 1. The van der Waals surface area contributed by atoms with Gasteiger partial charge in [-0.25, -0.2) is 9.98 Å². The molecule has 0 radical (unpaired) electrons. The van der Waals surface area contributed by atoms with Crippen molar-refractivity contribution in [3.05, 3.63) is 40.7 Å². The van der Waals surface area contributed by atoms with Crippen molar-refractivity contribution in [3.63, 3.8) is 0 Å². The van der Waals surface area contributed by atoms with Gasteiger partial charge in [0, 0.05) is 23.9 Å². The summed E-state index contributed by atoms with van der Waals surface area (Å²) in [5, 5.41) is 4.62. The molecule has 2 aliphatic rings. The number of rotatable bonds is 3. The number of hydrogen-bond donors (Lipinski definition) is 2. The average Bonchev–Trinajstić information content (AvgIpc) is 2.48. The van der Waals surface area contributed by atoms with Crippen molar-refractivity contribution in [1.82, 2.24) is 4.98 Å². The molecular weight excluding hydrogens is 462 g/mol. The van der Waals surface area contributed by atoms with Crippen molar-refractivity contribution in [2.75, 3.05) is 18.4 Å².